The Kier molecular flexibility index (Phi) is 4.37. The molecule has 0 amide bonds. The van der Waals surface area contributed by atoms with Gasteiger partial charge in [0.15, 0.2) is 11.5 Å². The Bertz CT molecular complexity index is 712. The van der Waals surface area contributed by atoms with Crippen LogP contribution in [0.25, 0.3) is 0 Å². The Morgan fingerprint density at radius 2 is 1.71 bits per heavy atom. The van der Waals surface area contributed by atoms with E-state index in [1.807, 2.05) is 36.4 Å². The van der Waals surface area contributed by atoms with E-state index >= 15 is 0 Å². The second-order valence-electron chi connectivity index (χ2n) is 4.51. The summed E-state index contributed by atoms with van der Waals surface area (Å²) >= 11 is 5.04. The van der Waals surface area contributed by atoms with Crippen LogP contribution in [0.3, 0.4) is 0 Å². The van der Waals surface area contributed by atoms with E-state index in [1.165, 1.54) is 0 Å². The van der Waals surface area contributed by atoms with Crippen molar-refractivity contribution in [1.82, 2.24) is 0 Å². The van der Waals surface area contributed by atoms with Gasteiger partial charge in [-0.2, -0.15) is 5.26 Å². The molecule has 2 aromatic carbocycles. The Hall–Kier alpha value is -1.64. The molecule has 0 unspecified atom stereocenters. The van der Waals surface area contributed by atoms with Crippen LogP contribution >= 0.6 is 27.7 Å². The van der Waals surface area contributed by atoms with Crippen molar-refractivity contribution in [2.24, 2.45) is 0 Å². The molecule has 0 N–H and O–H groups in total. The highest BCUT2D eigenvalue weighted by Gasteiger charge is 2.11. The summed E-state index contributed by atoms with van der Waals surface area (Å²) in [6, 6.07) is 13.8. The SMILES string of the molecule is N#Cc1ccc(Sc2ccc3c(c2)OCCCO3)cc1Br. The van der Waals surface area contributed by atoms with E-state index < -0.39 is 0 Å². The van der Waals surface area contributed by atoms with Crippen molar-refractivity contribution in [3.63, 3.8) is 0 Å². The maximum atomic E-state index is 8.94. The number of benzene rings is 2. The minimum absolute atomic E-state index is 0.637. The van der Waals surface area contributed by atoms with Crippen molar-refractivity contribution < 1.29 is 9.47 Å². The van der Waals surface area contributed by atoms with Crippen LogP contribution in [0.5, 0.6) is 11.5 Å². The topological polar surface area (TPSA) is 42.2 Å². The van der Waals surface area contributed by atoms with Crippen LogP contribution in [0, 0.1) is 11.3 Å². The maximum Gasteiger partial charge on any atom is 0.162 e. The summed E-state index contributed by atoms with van der Waals surface area (Å²) < 4.78 is 12.1. The van der Waals surface area contributed by atoms with E-state index in [-0.39, 0.29) is 0 Å². The van der Waals surface area contributed by atoms with Gasteiger partial charge in [0.2, 0.25) is 0 Å². The minimum atomic E-state index is 0.637. The predicted molar refractivity (Wildman–Crippen MR) is 85.0 cm³/mol. The second kappa shape index (κ2) is 6.42. The monoisotopic (exact) mass is 361 g/mol. The fraction of sp³-hybridized carbons (Fsp3) is 0.188. The first-order valence-corrected chi connectivity index (χ1v) is 8.14. The van der Waals surface area contributed by atoms with Crippen LogP contribution in [0.15, 0.2) is 50.7 Å². The number of hydrogen-bond acceptors (Lipinski definition) is 4. The quantitative estimate of drug-likeness (QED) is 0.781. The number of ether oxygens (including phenoxy) is 2. The first kappa shape index (κ1) is 14.3. The van der Waals surface area contributed by atoms with E-state index in [0.29, 0.717) is 18.8 Å². The first-order valence-electron chi connectivity index (χ1n) is 6.53. The zero-order valence-corrected chi connectivity index (χ0v) is 13.5. The molecule has 0 aromatic heterocycles. The summed E-state index contributed by atoms with van der Waals surface area (Å²) in [5.41, 5.74) is 0.637. The van der Waals surface area contributed by atoms with Crippen molar-refractivity contribution in [2.45, 2.75) is 16.2 Å². The second-order valence-corrected chi connectivity index (χ2v) is 6.52. The molecule has 1 heterocycles. The lowest BCUT2D eigenvalue weighted by atomic mass is 10.2. The highest BCUT2D eigenvalue weighted by molar-refractivity contribution is 9.10. The molecular formula is C16H12BrNO2S. The molecule has 3 rings (SSSR count). The molecule has 106 valence electrons. The zero-order valence-electron chi connectivity index (χ0n) is 11.1. The van der Waals surface area contributed by atoms with Gasteiger partial charge in [-0.1, -0.05) is 11.8 Å². The molecule has 1 aliphatic heterocycles. The van der Waals surface area contributed by atoms with E-state index in [9.17, 15) is 0 Å². The highest BCUT2D eigenvalue weighted by atomic mass is 79.9. The van der Waals surface area contributed by atoms with E-state index in [1.54, 1.807) is 11.8 Å². The van der Waals surface area contributed by atoms with Crippen LogP contribution in [-0.4, -0.2) is 13.2 Å². The van der Waals surface area contributed by atoms with Crippen molar-refractivity contribution in [1.29, 1.82) is 5.26 Å². The fourth-order valence-corrected chi connectivity index (χ4v) is 3.50. The summed E-state index contributed by atoms with van der Waals surface area (Å²) in [7, 11) is 0. The lowest BCUT2D eigenvalue weighted by molar-refractivity contribution is 0.297. The van der Waals surface area contributed by atoms with Gasteiger partial charge in [0, 0.05) is 20.7 Å². The molecule has 0 aliphatic carbocycles. The number of nitriles is 1. The van der Waals surface area contributed by atoms with Crippen LogP contribution in [0.2, 0.25) is 0 Å². The third kappa shape index (κ3) is 3.34. The van der Waals surface area contributed by atoms with Crippen LogP contribution < -0.4 is 9.47 Å². The number of nitrogens with zero attached hydrogens (tertiary/aromatic N) is 1. The van der Waals surface area contributed by atoms with Gasteiger partial charge in [-0.3, -0.25) is 0 Å². The summed E-state index contributed by atoms with van der Waals surface area (Å²) in [4.78, 5) is 2.14. The zero-order chi connectivity index (χ0) is 14.7. The normalized spacial score (nSPS) is 13.3. The summed E-state index contributed by atoms with van der Waals surface area (Å²) in [5.74, 6) is 1.60. The molecule has 1 aliphatic rings. The van der Waals surface area contributed by atoms with E-state index in [0.717, 1.165) is 32.2 Å². The molecule has 5 heteroatoms. The molecule has 0 spiro atoms. The molecule has 3 nitrogen and oxygen atoms in total. The van der Waals surface area contributed by atoms with Gasteiger partial charge in [-0.25, -0.2) is 0 Å². The van der Waals surface area contributed by atoms with Crippen LogP contribution in [0.1, 0.15) is 12.0 Å². The largest absolute Gasteiger partial charge is 0.490 e. The van der Waals surface area contributed by atoms with Gasteiger partial charge in [-0.15, -0.1) is 0 Å². The molecule has 0 atom stereocenters. The van der Waals surface area contributed by atoms with Crippen molar-refractivity contribution in [2.75, 3.05) is 13.2 Å². The maximum absolute atomic E-state index is 8.94. The molecule has 21 heavy (non-hydrogen) atoms. The van der Waals surface area contributed by atoms with Crippen molar-refractivity contribution >= 4 is 27.7 Å². The molecule has 0 fully saturated rings. The van der Waals surface area contributed by atoms with Crippen LogP contribution in [0.4, 0.5) is 0 Å². The standard InChI is InChI=1S/C16H12BrNO2S/c17-14-8-12(3-2-11(14)10-18)21-13-4-5-15-16(9-13)20-7-1-6-19-15/h2-5,8-9H,1,6-7H2. The van der Waals surface area contributed by atoms with Gasteiger partial charge < -0.3 is 9.47 Å². The number of fused-ring (bicyclic) bond motifs is 1. The van der Waals surface area contributed by atoms with Gasteiger partial charge in [0.25, 0.3) is 0 Å². The summed E-state index contributed by atoms with van der Waals surface area (Å²) in [5, 5.41) is 8.94. The Morgan fingerprint density at radius 1 is 1.00 bits per heavy atom. The molecule has 0 radical (unpaired) electrons. The number of rotatable bonds is 2. The molecule has 2 aromatic rings. The fourth-order valence-electron chi connectivity index (χ4n) is 1.99. The van der Waals surface area contributed by atoms with Gasteiger partial charge in [0.05, 0.1) is 18.8 Å². The first-order chi connectivity index (χ1) is 10.3. The lowest BCUT2D eigenvalue weighted by Gasteiger charge is -2.09. The van der Waals surface area contributed by atoms with Crippen molar-refractivity contribution in [3.8, 4) is 17.6 Å². The summed E-state index contributed by atoms with van der Waals surface area (Å²) in [6.45, 7) is 1.38. The smallest absolute Gasteiger partial charge is 0.162 e. The van der Waals surface area contributed by atoms with Gasteiger partial charge in [0.1, 0.15) is 6.07 Å². The third-order valence-corrected chi connectivity index (χ3v) is 4.65. The van der Waals surface area contributed by atoms with Crippen LogP contribution in [-0.2, 0) is 0 Å². The lowest BCUT2D eigenvalue weighted by Crippen LogP contribution is -1.97. The average molecular weight is 362 g/mol. The van der Waals surface area contributed by atoms with E-state index in [2.05, 4.69) is 22.0 Å². The average Bonchev–Trinajstić information content (AvgIpc) is 2.72. The Labute approximate surface area is 136 Å². The molecule has 0 saturated carbocycles. The summed E-state index contributed by atoms with van der Waals surface area (Å²) in [6.07, 6.45) is 0.903. The highest BCUT2D eigenvalue weighted by Crippen LogP contribution is 2.37. The molecule has 0 bridgehead atoms. The van der Waals surface area contributed by atoms with Gasteiger partial charge >= 0.3 is 0 Å². The molecular weight excluding hydrogens is 350 g/mol. The van der Waals surface area contributed by atoms with E-state index in [4.69, 9.17) is 14.7 Å². The third-order valence-electron chi connectivity index (χ3n) is 3.02. The molecule has 0 saturated heterocycles. The Balaban J connectivity index is 1.83. The van der Waals surface area contributed by atoms with Gasteiger partial charge in [-0.05, 0) is 52.3 Å². The van der Waals surface area contributed by atoms with Crippen molar-refractivity contribution in [3.05, 3.63) is 46.4 Å². The predicted octanol–water partition coefficient (Wildman–Crippen LogP) is 4.63. The Morgan fingerprint density at radius 3 is 2.48 bits per heavy atom. The number of hydrogen-bond donors (Lipinski definition) is 0. The minimum Gasteiger partial charge on any atom is -0.490 e. The number of halogens is 1.